The van der Waals surface area contributed by atoms with Crippen LogP contribution >= 0.6 is 0 Å². The maximum atomic E-state index is 11.6. The van der Waals surface area contributed by atoms with Crippen molar-refractivity contribution in [3.63, 3.8) is 0 Å². The number of hydrogen-bond acceptors (Lipinski definition) is 15. The Morgan fingerprint density at radius 3 is 1.16 bits per heavy atom. The van der Waals surface area contributed by atoms with E-state index in [1.807, 2.05) is 130 Å². The van der Waals surface area contributed by atoms with Gasteiger partial charge in [0, 0.05) is 72.0 Å². The zero-order chi connectivity index (χ0) is 61.0. The summed E-state index contributed by atoms with van der Waals surface area (Å²) in [5.41, 5.74) is 0. The molecule has 0 aromatic rings. The fourth-order valence-corrected chi connectivity index (χ4v) is 5.67. The van der Waals surface area contributed by atoms with Crippen LogP contribution < -0.4 is 21.3 Å². The van der Waals surface area contributed by atoms with Gasteiger partial charge in [0.2, 0.25) is 5.91 Å². The zero-order valence-corrected chi connectivity index (χ0v) is 55.0. The van der Waals surface area contributed by atoms with Crippen LogP contribution in [0.4, 0.5) is 0 Å². The number of hydrogen-bond donors (Lipinski definition) is 4. The van der Waals surface area contributed by atoms with Gasteiger partial charge in [-0.1, -0.05) is 83.1 Å². The molecule has 460 valence electrons. The highest BCUT2D eigenvalue weighted by Crippen LogP contribution is 2.07. The lowest BCUT2D eigenvalue weighted by molar-refractivity contribution is -0.137. The highest BCUT2D eigenvalue weighted by atomic mass is 16.6. The van der Waals surface area contributed by atoms with Gasteiger partial charge in [-0.2, -0.15) is 0 Å². The first-order valence-corrected chi connectivity index (χ1v) is 29.2. The quantitative estimate of drug-likeness (QED) is 0.0222. The largest absolute Gasteiger partial charge is 0.393 e. The van der Waals surface area contributed by atoms with E-state index >= 15 is 0 Å². The molecule has 0 atom stereocenters. The third-order valence-corrected chi connectivity index (χ3v) is 9.27. The molecule has 0 saturated heterocycles. The van der Waals surface area contributed by atoms with E-state index in [1.165, 1.54) is 12.8 Å². The molecule has 4 N–H and O–H groups in total. The van der Waals surface area contributed by atoms with Crippen molar-refractivity contribution in [1.82, 2.24) is 40.9 Å². The van der Waals surface area contributed by atoms with Crippen LogP contribution in [-0.4, -0.2) is 203 Å². The Bertz CT molecular complexity index is 1370. The number of nitrogens with one attached hydrogen (secondary N) is 4. The van der Waals surface area contributed by atoms with E-state index in [0.717, 1.165) is 90.4 Å². The number of ether oxygens (including phenoxy) is 2. The highest BCUT2D eigenvalue weighted by molar-refractivity contribution is 5.88. The summed E-state index contributed by atoms with van der Waals surface area (Å²) in [6, 6.07) is 3.34. The van der Waals surface area contributed by atoms with Gasteiger partial charge >= 0.3 is 11.9 Å². The molecule has 0 saturated carbocycles. The number of ketones is 1. The Morgan fingerprint density at radius 2 is 0.870 bits per heavy atom. The van der Waals surface area contributed by atoms with Gasteiger partial charge in [-0.3, -0.25) is 14.4 Å². The average Bonchev–Trinajstić information content (AvgIpc) is 3.31. The molecular weight excluding hydrogens is 973 g/mol. The fraction of sp³-hybridized carbons (Fsp3) is 0.881. The van der Waals surface area contributed by atoms with Gasteiger partial charge in [0.1, 0.15) is 5.78 Å². The molecular formula is C59H128N12O6. The second-order valence-corrected chi connectivity index (χ2v) is 21.3. The SMILES string of the molecule is CC.CC(=O)CC(C)C.CC(C)CCCN(C)C(=O)CC(C)C.CCN=C=NCCCN(C)C.CCNC(=NCCCN(C)C)OC(=O)CC(C)C.CCNC(=NCCCN(C)C)OC(=O)CC(C)C.CNCCCNC. The Balaban J connectivity index is -0.000000157. The van der Waals surface area contributed by atoms with Crippen LogP contribution in [0.5, 0.6) is 0 Å². The predicted octanol–water partition coefficient (Wildman–Crippen LogP) is 9.51. The lowest BCUT2D eigenvalue weighted by Gasteiger charge is -2.18. The minimum atomic E-state index is -0.225. The van der Waals surface area contributed by atoms with E-state index in [9.17, 15) is 19.2 Å². The van der Waals surface area contributed by atoms with Crippen molar-refractivity contribution in [2.24, 2.45) is 49.6 Å². The summed E-state index contributed by atoms with van der Waals surface area (Å²) in [5, 5.41) is 12.1. The molecule has 0 aromatic heterocycles. The summed E-state index contributed by atoms with van der Waals surface area (Å²) in [5.74, 6) is 2.45. The Labute approximate surface area is 476 Å². The first-order valence-electron chi connectivity index (χ1n) is 29.2. The van der Waals surface area contributed by atoms with Crippen molar-refractivity contribution in [3.8, 4) is 0 Å². The first kappa shape index (κ1) is 87.1. The molecule has 0 aromatic carbocycles. The minimum Gasteiger partial charge on any atom is -0.393 e. The van der Waals surface area contributed by atoms with Crippen molar-refractivity contribution in [2.75, 3.05) is 142 Å². The van der Waals surface area contributed by atoms with Gasteiger partial charge < -0.3 is 55.1 Å². The highest BCUT2D eigenvalue weighted by Gasteiger charge is 2.12. The van der Waals surface area contributed by atoms with Crippen molar-refractivity contribution < 1.29 is 28.7 Å². The van der Waals surface area contributed by atoms with E-state index in [0.29, 0.717) is 81.2 Å². The first-order chi connectivity index (χ1) is 36.1. The van der Waals surface area contributed by atoms with Crippen LogP contribution in [0, 0.1) is 29.6 Å². The van der Waals surface area contributed by atoms with E-state index in [2.05, 4.69) is 104 Å². The lowest BCUT2D eigenvalue weighted by Crippen LogP contribution is -2.29. The summed E-state index contributed by atoms with van der Waals surface area (Å²) in [6.45, 7) is 42.6. The standard InChI is InChI=1S/2C13H27N3O2.C12H25NO.C8H17N3.C6H12O.C5H14N2.C2H6/c2*1-6-14-13(15-8-7-9-16(4)5)18-12(17)10-11(2)3;1-10(2)7-6-8-13(5)12(14)9-11(3)4;1-4-9-8-10-6-5-7-11(2)3;1-5(2)4-6(3)7;1-6-4-3-5-7-2;1-2/h2*11H,6-10H2,1-5H3,(H,14,15);10-11H,6-9H2,1-5H3;4-7H2,1-3H3;5H,4H2,1-3H3;6-7H,3-5H2,1-2H3;1-2H3. The number of amides is 1. The molecule has 0 unspecified atom stereocenters. The zero-order valence-electron chi connectivity index (χ0n) is 55.0. The van der Waals surface area contributed by atoms with E-state index in [1.54, 1.807) is 6.92 Å². The summed E-state index contributed by atoms with van der Waals surface area (Å²) in [6.07, 6.45) is 8.76. The van der Waals surface area contributed by atoms with E-state index in [4.69, 9.17) is 9.47 Å². The van der Waals surface area contributed by atoms with Crippen LogP contribution in [0.25, 0.3) is 0 Å². The maximum Gasteiger partial charge on any atom is 0.313 e. The van der Waals surface area contributed by atoms with E-state index < -0.39 is 0 Å². The monoisotopic (exact) mass is 1100 g/mol. The molecule has 0 heterocycles. The Morgan fingerprint density at radius 1 is 0.494 bits per heavy atom. The molecule has 18 heteroatoms. The Kier molecular flexibility index (Phi) is 75.2. The summed E-state index contributed by atoms with van der Waals surface area (Å²) < 4.78 is 10.4. The van der Waals surface area contributed by atoms with Crippen LogP contribution in [-0.2, 0) is 28.7 Å². The molecule has 0 rings (SSSR count). The van der Waals surface area contributed by atoms with Crippen molar-refractivity contribution in [3.05, 3.63) is 0 Å². The number of esters is 2. The molecule has 0 aliphatic heterocycles. The summed E-state index contributed by atoms with van der Waals surface area (Å²) in [4.78, 5) is 69.5. The second-order valence-electron chi connectivity index (χ2n) is 21.3. The topological polar surface area (TPSA) is 197 Å². The van der Waals surface area contributed by atoms with Crippen LogP contribution in [0.2, 0.25) is 0 Å². The number of Topliss-reactive ketones (excluding diaryl/α,β-unsaturated/α-hetero) is 1. The van der Waals surface area contributed by atoms with Gasteiger partial charge in [-0.05, 0) is 185 Å². The molecule has 0 spiro atoms. The molecule has 0 radical (unpaired) electrons. The smallest absolute Gasteiger partial charge is 0.313 e. The third-order valence-electron chi connectivity index (χ3n) is 9.27. The van der Waals surface area contributed by atoms with Crippen LogP contribution in [0.1, 0.15) is 175 Å². The predicted molar refractivity (Wildman–Crippen MR) is 333 cm³/mol. The van der Waals surface area contributed by atoms with Gasteiger partial charge in [0.25, 0.3) is 12.0 Å². The normalized spacial score (nSPS) is 10.8. The number of amidine groups is 2. The number of carbonyl (C=O) groups excluding carboxylic acids is 4. The fourth-order valence-electron chi connectivity index (χ4n) is 5.67. The molecule has 0 aliphatic rings. The lowest BCUT2D eigenvalue weighted by atomic mass is 10.1. The number of aliphatic imine (C=N–C) groups is 4. The van der Waals surface area contributed by atoms with Crippen LogP contribution in [0.3, 0.4) is 0 Å². The number of rotatable bonds is 31. The van der Waals surface area contributed by atoms with Gasteiger partial charge in [-0.25, -0.2) is 20.0 Å². The minimum absolute atomic E-state index is 0.225. The van der Waals surface area contributed by atoms with Crippen molar-refractivity contribution in [1.29, 1.82) is 0 Å². The molecule has 0 fully saturated rings. The van der Waals surface area contributed by atoms with Gasteiger partial charge in [-0.15, -0.1) is 0 Å². The molecule has 0 bridgehead atoms. The molecule has 77 heavy (non-hydrogen) atoms. The van der Waals surface area contributed by atoms with Crippen molar-refractivity contribution >= 4 is 41.7 Å². The van der Waals surface area contributed by atoms with Gasteiger partial charge in [0.15, 0.2) is 0 Å². The van der Waals surface area contributed by atoms with Gasteiger partial charge in [0.05, 0.1) is 12.6 Å². The van der Waals surface area contributed by atoms with E-state index in [-0.39, 0.29) is 23.6 Å². The maximum absolute atomic E-state index is 11.6. The third kappa shape index (κ3) is 92.0. The molecule has 18 nitrogen and oxygen atoms in total. The van der Waals surface area contributed by atoms with Crippen LogP contribution in [0.15, 0.2) is 20.0 Å². The molecule has 1 amide bonds. The Hall–Kier alpha value is -3.80. The second kappa shape index (κ2) is 66.5. The van der Waals surface area contributed by atoms with Crippen molar-refractivity contribution in [2.45, 2.75) is 175 Å². The summed E-state index contributed by atoms with van der Waals surface area (Å²) >= 11 is 0. The average molecular weight is 1100 g/mol. The number of carbonyl (C=O) groups is 4. The summed E-state index contributed by atoms with van der Waals surface area (Å²) in [7, 11) is 18.1. The molecule has 0 aliphatic carbocycles. The number of nitrogens with zero attached hydrogens (tertiary/aromatic N) is 8.